The van der Waals surface area contributed by atoms with Crippen LogP contribution in [0.1, 0.15) is 19.3 Å². The van der Waals surface area contributed by atoms with Gasteiger partial charge in [-0.2, -0.15) is 0 Å². The van der Waals surface area contributed by atoms with Crippen LogP contribution in [0.2, 0.25) is 0 Å². The number of likely N-dealkylation sites (N-methyl/N-ethyl adjacent to an activating group) is 1. The molecule has 0 radical (unpaired) electrons. The van der Waals surface area contributed by atoms with Gasteiger partial charge in [0.1, 0.15) is 17.4 Å². The highest BCUT2D eigenvalue weighted by Gasteiger charge is 2.32. The van der Waals surface area contributed by atoms with Crippen LogP contribution in [0.3, 0.4) is 0 Å². The Balaban J connectivity index is 2.45. The molecule has 7 heteroatoms. The van der Waals surface area contributed by atoms with Gasteiger partial charge in [0.25, 0.3) is 0 Å². The molecule has 0 saturated carbocycles. The summed E-state index contributed by atoms with van der Waals surface area (Å²) in [7, 11) is 1.57. The second kappa shape index (κ2) is 5.77. The van der Waals surface area contributed by atoms with E-state index in [1.54, 1.807) is 24.1 Å². The van der Waals surface area contributed by atoms with Crippen molar-refractivity contribution >= 4 is 23.0 Å². The normalized spacial score (nSPS) is 18.6. The van der Waals surface area contributed by atoms with Crippen molar-refractivity contribution < 1.29 is 9.72 Å². The van der Waals surface area contributed by atoms with Crippen molar-refractivity contribution in [1.29, 1.82) is 0 Å². The quantitative estimate of drug-likeness (QED) is 0.492. The summed E-state index contributed by atoms with van der Waals surface area (Å²) in [5, 5.41) is 13.8. The topological polar surface area (TPSA) is 102 Å². The van der Waals surface area contributed by atoms with Crippen molar-refractivity contribution in [3.8, 4) is 0 Å². The number of benzene rings is 1. The van der Waals surface area contributed by atoms with Crippen molar-refractivity contribution in [3.05, 3.63) is 28.3 Å². The fourth-order valence-corrected chi connectivity index (χ4v) is 2.64. The largest absolute Gasteiger partial charge is 0.393 e. The van der Waals surface area contributed by atoms with Crippen LogP contribution in [0.25, 0.3) is 0 Å². The zero-order valence-electron chi connectivity index (χ0n) is 11.3. The third kappa shape index (κ3) is 2.52. The Labute approximate surface area is 116 Å². The lowest BCUT2D eigenvalue weighted by Crippen LogP contribution is -2.49. The third-order valence-corrected chi connectivity index (χ3v) is 3.59. The molecule has 0 spiro atoms. The average molecular weight is 278 g/mol. The monoisotopic (exact) mass is 278 g/mol. The molecule has 0 aromatic heterocycles. The van der Waals surface area contributed by atoms with Crippen molar-refractivity contribution in [2.45, 2.75) is 25.3 Å². The Morgan fingerprint density at radius 2 is 2.25 bits per heavy atom. The summed E-state index contributed by atoms with van der Waals surface area (Å²) in [6, 6.07) is 4.44. The first kappa shape index (κ1) is 14.1. The molecule has 1 amide bonds. The highest BCUT2D eigenvalue weighted by molar-refractivity contribution is 5.87. The Bertz CT molecular complexity index is 532. The number of piperidine rings is 1. The van der Waals surface area contributed by atoms with Gasteiger partial charge < -0.3 is 16.0 Å². The number of nitrogens with zero attached hydrogens (tertiary/aromatic N) is 2. The van der Waals surface area contributed by atoms with Gasteiger partial charge in [0, 0.05) is 13.6 Å². The molecule has 1 atom stereocenters. The van der Waals surface area contributed by atoms with E-state index in [1.807, 2.05) is 0 Å². The van der Waals surface area contributed by atoms with Crippen LogP contribution in [-0.4, -0.2) is 30.5 Å². The van der Waals surface area contributed by atoms with Gasteiger partial charge in [-0.3, -0.25) is 14.9 Å². The molecule has 108 valence electrons. The van der Waals surface area contributed by atoms with E-state index in [4.69, 9.17) is 5.73 Å². The van der Waals surface area contributed by atoms with E-state index in [9.17, 15) is 14.9 Å². The highest BCUT2D eigenvalue weighted by Crippen LogP contribution is 2.36. The van der Waals surface area contributed by atoms with E-state index in [-0.39, 0.29) is 23.3 Å². The van der Waals surface area contributed by atoms with Gasteiger partial charge in [-0.25, -0.2) is 0 Å². The first-order valence-corrected chi connectivity index (χ1v) is 6.57. The molecule has 0 bridgehead atoms. The molecule has 1 aliphatic rings. The highest BCUT2D eigenvalue weighted by atomic mass is 16.6. The van der Waals surface area contributed by atoms with Crippen LogP contribution in [0.15, 0.2) is 18.2 Å². The number of nitro benzene ring substituents is 1. The number of carbonyl (C=O) groups excluding carboxylic acids is 1. The van der Waals surface area contributed by atoms with Crippen LogP contribution in [0, 0.1) is 10.1 Å². The summed E-state index contributed by atoms with van der Waals surface area (Å²) in [6.45, 7) is 0.613. The number of nitrogen functional groups attached to an aromatic ring is 1. The minimum Gasteiger partial charge on any atom is -0.393 e. The number of amides is 1. The molecule has 1 fully saturated rings. The predicted molar refractivity (Wildman–Crippen MR) is 76.6 cm³/mol. The summed E-state index contributed by atoms with van der Waals surface area (Å²) in [5.74, 6) is -0.124. The van der Waals surface area contributed by atoms with Gasteiger partial charge in [0.15, 0.2) is 0 Å². The maximum atomic E-state index is 12.0. The van der Waals surface area contributed by atoms with E-state index in [0.29, 0.717) is 18.7 Å². The zero-order chi connectivity index (χ0) is 14.7. The number of nitrogens with two attached hydrogens (primary N) is 1. The zero-order valence-corrected chi connectivity index (χ0v) is 11.3. The molecule has 1 unspecified atom stereocenters. The standard InChI is InChI=1S/C13H18N4O3/c1-15-13(18)11-6-2-3-8-16(11)10-7-4-5-9(14)12(10)17(19)20/h4-5,7,11H,2-3,6,8,14H2,1H3,(H,15,18). The summed E-state index contributed by atoms with van der Waals surface area (Å²) >= 11 is 0. The SMILES string of the molecule is CNC(=O)C1CCCCN1c1cccc(N)c1[N+](=O)[O-]. The first-order valence-electron chi connectivity index (χ1n) is 6.57. The fraction of sp³-hybridized carbons (Fsp3) is 0.462. The molecule has 0 aliphatic carbocycles. The van der Waals surface area contributed by atoms with Crippen LogP contribution >= 0.6 is 0 Å². The van der Waals surface area contributed by atoms with Crippen molar-refractivity contribution in [2.24, 2.45) is 0 Å². The van der Waals surface area contributed by atoms with E-state index >= 15 is 0 Å². The molecule has 20 heavy (non-hydrogen) atoms. The smallest absolute Gasteiger partial charge is 0.315 e. The Morgan fingerprint density at radius 3 is 2.90 bits per heavy atom. The predicted octanol–water partition coefficient (Wildman–Crippen LogP) is 1.28. The molecule has 2 rings (SSSR count). The molecule has 1 aliphatic heterocycles. The molecule has 7 nitrogen and oxygen atoms in total. The molecular weight excluding hydrogens is 260 g/mol. The fourth-order valence-electron chi connectivity index (χ4n) is 2.64. The number of rotatable bonds is 3. The van der Waals surface area contributed by atoms with Crippen LogP contribution in [-0.2, 0) is 4.79 Å². The number of para-hydroxylation sites is 1. The Hall–Kier alpha value is -2.31. The lowest BCUT2D eigenvalue weighted by molar-refractivity contribution is -0.383. The molecule has 1 aromatic rings. The van der Waals surface area contributed by atoms with E-state index in [2.05, 4.69) is 5.32 Å². The number of carbonyl (C=O) groups is 1. The molecular formula is C13H18N4O3. The van der Waals surface area contributed by atoms with E-state index < -0.39 is 4.92 Å². The average Bonchev–Trinajstić information content (AvgIpc) is 2.45. The van der Waals surface area contributed by atoms with Gasteiger partial charge in [-0.1, -0.05) is 6.07 Å². The molecule has 1 aromatic carbocycles. The lowest BCUT2D eigenvalue weighted by Gasteiger charge is -2.35. The maximum Gasteiger partial charge on any atom is 0.315 e. The van der Waals surface area contributed by atoms with Gasteiger partial charge >= 0.3 is 5.69 Å². The maximum absolute atomic E-state index is 12.0. The Morgan fingerprint density at radius 1 is 1.50 bits per heavy atom. The van der Waals surface area contributed by atoms with Gasteiger partial charge in [-0.15, -0.1) is 0 Å². The van der Waals surface area contributed by atoms with Crippen LogP contribution in [0.5, 0.6) is 0 Å². The summed E-state index contributed by atoms with van der Waals surface area (Å²) in [6.07, 6.45) is 2.52. The molecule has 3 N–H and O–H groups in total. The van der Waals surface area contributed by atoms with Crippen molar-refractivity contribution in [1.82, 2.24) is 5.32 Å². The molecule has 1 saturated heterocycles. The van der Waals surface area contributed by atoms with Crippen molar-refractivity contribution in [2.75, 3.05) is 24.2 Å². The van der Waals surface area contributed by atoms with Gasteiger partial charge in [0.05, 0.1) is 4.92 Å². The number of hydrogen-bond acceptors (Lipinski definition) is 5. The van der Waals surface area contributed by atoms with Crippen LogP contribution in [0.4, 0.5) is 17.1 Å². The Kier molecular flexibility index (Phi) is 4.07. The number of nitro groups is 1. The summed E-state index contributed by atoms with van der Waals surface area (Å²) in [5.41, 5.74) is 6.13. The van der Waals surface area contributed by atoms with Gasteiger partial charge in [-0.05, 0) is 31.4 Å². The summed E-state index contributed by atoms with van der Waals surface area (Å²) in [4.78, 5) is 24.5. The van der Waals surface area contributed by atoms with Crippen LogP contribution < -0.4 is 16.0 Å². The minimum atomic E-state index is -0.486. The summed E-state index contributed by atoms with van der Waals surface area (Å²) < 4.78 is 0. The van der Waals surface area contributed by atoms with Gasteiger partial charge in [0.2, 0.25) is 5.91 Å². The third-order valence-electron chi connectivity index (χ3n) is 3.59. The van der Waals surface area contributed by atoms with Crippen molar-refractivity contribution in [3.63, 3.8) is 0 Å². The van der Waals surface area contributed by atoms with E-state index in [0.717, 1.165) is 12.8 Å². The second-order valence-electron chi connectivity index (χ2n) is 4.79. The second-order valence-corrected chi connectivity index (χ2v) is 4.79. The molecule has 1 heterocycles. The van der Waals surface area contributed by atoms with E-state index in [1.165, 1.54) is 6.07 Å². The minimum absolute atomic E-state index is 0.119. The number of hydrogen-bond donors (Lipinski definition) is 2. The number of anilines is 2. The first-order chi connectivity index (χ1) is 9.56. The number of nitrogens with one attached hydrogen (secondary N) is 1. The lowest BCUT2D eigenvalue weighted by atomic mass is 10.00.